The van der Waals surface area contributed by atoms with E-state index < -0.39 is 0 Å². The first-order chi connectivity index (χ1) is 12.5. The van der Waals surface area contributed by atoms with E-state index in [9.17, 15) is 4.79 Å². The summed E-state index contributed by atoms with van der Waals surface area (Å²) in [6, 6.07) is 13.3. The number of hydrogen-bond donors (Lipinski definition) is 0. The molecule has 3 aromatic heterocycles. The number of aromatic nitrogens is 4. The zero-order chi connectivity index (χ0) is 18.3. The quantitative estimate of drug-likeness (QED) is 0.555. The molecule has 0 spiro atoms. The highest BCUT2D eigenvalue weighted by molar-refractivity contribution is 6.30. The van der Waals surface area contributed by atoms with Crippen LogP contribution in [0.2, 0.25) is 5.02 Å². The first-order valence-corrected chi connectivity index (χ1v) is 8.64. The van der Waals surface area contributed by atoms with Crippen LogP contribution in [-0.2, 0) is 13.6 Å². The van der Waals surface area contributed by atoms with Crippen LogP contribution in [0.15, 0.2) is 59.7 Å². The van der Waals surface area contributed by atoms with Crippen LogP contribution in [0.3, 0.4) is 0 Å². The van der Waals surface area contributed by atoms with Crippen molar-refractivity contribution in [3.8, 4) is 11.3 Å². The van der Waals surface area contributed by atoms with E-state index in [4.69, 9.17) is 11.6 Å². The van der Waals surface area contributed by atoms with Crippen molar-refractivity contribution in [3.63, 3.8) is 0 Å². The molecule has 0 atom stereocenters. The first kappa shape index (κ1) is 16.5. The van der Waals surface area contributed by atoms with Gasteiger partial charge in [0.1, 0.15) is 5.65 Å². The Labute approximate surface area is 155 Å². The fraction of sp³-hybridized carbons (Fsp3) is 0.150. The van der Waals surface area contributed by atoms with E-state index in [0.717, 1.165) is 27.9 Å². The summed E-state index contributed by atoms with van der Waals surface area (Å²) in [5, 5.41) is 6.27. The molecule has 130 valence electrons. The Balaban J connectivity index is 1.77. The second-order valence-electron chi connectivity index (χ2n) is 6.37. The van der Waals surface area contributed by atoms with Gasteiger partial charge in [0.15, 0.2) is 0 Å². The van der Waals surface area contributed by atoms with Crippen LogP contribution >= 0.6 is 11.6 Å². The zero-order valence-electron chi connectivity index (χ0n) is 14.5. The van der Waals surface area contributed by atoms with E-state index in [1.54, 1.807) is 13.1 Å². The predicted octanol–water partition coefficient (Wildman–Crippen LogP) is 3.81. The van der Waals surface area contributed by atoms with Crippen molar-refractivity contribution in [2.75, 3.05) is 0 Å². The third kappa shape index (κ3) is 3.02. The standard InChI is InChI=1S/C20H17ClN4O/c1-13-9-18(16-10-15-7-8-24(2)19(15)22-11-16)23-25(20(13)26)12-14-3-5-17(21)6-4-14/h3-11H,12H2,1-2H3. The minimum atomic E-state index is -0.0996. The van der Waals surface area contributed by atoms with E-state index in [-0.39, 0.29) is 5.56 Å². The molecule has 0 bridgehead atoms. The summed E-state index contributed by atoms with van der Waals surface area (Å²) >= 11 is 5.93. The highest BCUT2D eigenvalue weighted by Gasteiger charge is 2.10. The van der Waals surface area contributed by atoms with Gasteiger partial charge in [-0.15, -0.1) is 0 Å². The molecule has 26 heavy (non-hydrogen) atoms. The highest BCUT2D eigenvalue weighted by Crippen LogP contribution is 2.21. The number of nitrogens with zero attached hydrogens (tertiary/aromatic N) is 4. The van der Waals surface area contributed by atoms with Crippen molar-refractivity contribution in [2.24, 2.45) is 7.05 Å². The normalized spacial score (nSPS) is 11.2. The van der Waals surface area contributed by atoms with Gasteiger partial charge in [0.25, 0.3) is 5.56 Å². The van der Waals surface area contributed by atoms with Crippen LogP contribution in [0.5, 0.6) is 0 Å². The Morgan fingerprint density at radius 2 is 1.88 bits per heavy atom. The summed E-state index contributed by atoms with van der Waals surface area (Å²) in [5.41, 5.74) is 4.05. The van der Waals surface area contributed by atoms with Crippen molar-refractivity contribution >= 4 is 22.6 Å². The van der Waals surface area contributed by atoms with E-state index in [1.807, 2.05) is 60.3 Å². The van der Waals surface area contributed by atoms with Gasteiger partial charge in [0.05, 0.1) is 12.2 Å². The third-order valence-corrected chi connectivity index (χ3v) is 4.65. The van der Waals surface area contributed by atoms with E-state index >= 15 is 0 Å². The molecule has 0 aliphatic rings. The smallest absolute Gasteiger partial charge is 0.270 e. The number of hydrogen-bond acceptors (Lipinski definition) is 3. The van der Waals surface area contributed by atoms with Gasteiger partial charge in [-0.1, -0.05) is 23.7 Å². The average Bonchev–Trinajstić information content (AvgIpc) is 3.01. The second kappa shape index (κ2) is 6.42. The van der Waals surface area contributed by atoms with Crippen LogP contribution < -0.4 is 5.56 Å². The second-order valence-corrected chi connectivity index (χ2v) is 6.80. The van der Waals surface area contributed by atoms with Gasteiger partial charge in [-0.05, 0) is 42.8 Å². The van der Waals surface area contributed by atoms with Crippen molar-refractivity contribution in [1.82, 2.24) is 19.3 Å². The topological polar surface area (TPSA) is 52.7 Å². The number of aryl methyl sites for hydroxylation is 2. The minimum Gasteiger partial charge on any atom is -0.336 e. The molecule has 0 radical (unpaired) electrons. The Hall–Kier alpha value is -2.92. The Kier molecular flexibility index (Phi) is 4.09. The Morgan fingerprint density at radius 1 is 1.12 bits per heavy atom. The number of halogens is 1. The minimum absolute atomic E-state index is 0.0996. The van der Waals surface area contributed by atoms with Crippen LogP contribution in [0.1, 0.15) is 11.1 Å². The maximum absolute atomic E-state index is 12.5. The summed E-state index contributed by atoms with van der Waals surface area (Å²) in [5.74, 6) is 0. The van der Waals surface area contributed by atoms with Gasteiger partial charge in [0, 0.05) is 41.0 Å². The molecule has 1 aromatic carbocycles. The largest absolute Gasteiger partial charge is 0.336 e. The van der Waals surface area contributed by atoms with E-state index in [0.29, 0.717) is 17.1 Å². The lowest BCUT2D eigenvalue weighted by Gasteiger charge is -2.09. The van der Waals surface area contributed by atoms with Crippen LogP contribution in [0.4, 0.5) is 0 Å². The molecule has 0 saturated heterocycles. The fourth-order valence-corrected chi connectivity index (χ4v) is 3.11. The molecule has 0 unspecified atom stereocenters. The SMILES string of the molecule is Cc1cc(-c2cnc3c(ccn3C)c2)nn(Cc2ccc(Cl)cc2)c1=O. The van der Waals surface area contributed by atoms with Crippen LogP contribution in [-0.4, -0.2) is 19.3 Å². The summed E-state index contributed by atoms with van der Waals surface area (Å²) in [4.78, 5) is 17.0. The zero-order valence-corrected chi connectivity index (χ0v) is 15.2. The van der Waals surface area contributed by atoms with Crippen LogP contribution in [0, 0.1) is 6.92 Å². The lowest BCUT2D eigenvalue weighted by Crippen LogP contribution is -2.25. The number of pyridine rings is 1. The molecular formula is C20H17ClN4O. The monoisotopic (exact) mass is 364 g/mol. The van der Waals surface area contributed by atoms with Gasteiger partial charge < -0.3 is 4.57 Å². The van der Waals surface area contributed by atoms with E-state index in [1.165, 1.54) is 4.68 Å². The van der Waals surface area contributed by atoms with Gasteiger partial charge in [-0.2, -0.15) is 5.10 Å². The number of rotatable bonds is 3. The predicted molar refractivity (Wildman–Crippen MR) is 103 cm³/mol. The van der Waals surface area contributed by atoms with Gasteiger partial charge >= 0.3 is 0 Å². The molecule has 4 rings (SSSR count). The molecule has 0 amide bonds. The van der Waals surface area contributed by atoms with Crippen molar-refractivity contribution in [1.29, 1.82) is 0 Å². The molecule has 4 aromatic rings. The van der Waals surface area contributed by atoms with Gasteiger partial charge in [0.2, 0.25) is 0 Å². The molecule has 0 fully saturated rings. The lowest BCUT2D eigenvalue weighted by molar-refractivity contribution is 0.637. The van der Waals surface area contributed by atoms with Crippen molar-refractivity contribution in [2.45, 2.75) is 13.5 Å². The molecule has 0 aliphatic heterocycles. The number of fused-ring (bicyclic) bond motifs is 1. The Bertz CT molecular complexity index is 1160. The number of benzene rings is 1. The molecule has 0 aliphatic carbocycles. The molecular weight excluding hydrogens is 348 g/mol. The molecule has 6 heteroatoms. The average molecular weight is 365 g/mol. The lowest BCUT2D eigenvalue weighted by atomic mass is 10.1. The fourth-order valence-electron chi connectivity index (χ4n) is 2.98. The van der Waals surface area contributed by atoms with Crippen LogP contribution in [0.25, 0.3) is 22.3 Å². The molecule has 5 nitrogen and oxygen atoms in total. The third-order valence-electron chi connectivity index (χ3n) is 4.40. The van der Waals surface area contributed by atoms with Crippen molar-refractivity contribution < 1.29 is 0 Å². The Morgan fingerprint density at radius 3 is 2.65 bits per heavy atom. The molecule has 0 N–H and O–H groups in total. The summed E-state index contributed by atoms with van der Waals surface area (Å²) in [6.45, 7) is 2.20. The summed E-state index contributed by atoms with van der Waals surface area (Å²) in [6.07, 6.45) is 3.77. The summed E-state index contributed by atoms with van der Waals surface area (Å²) < 4.78 is 3.46. The molecule has 0 saturated carbocycles. The first-order valence-electron chi connectivity index (χ1n) is 8.26. The highest BCUT2D eigenvalue weighted by atomic mass is 35.5. The van der Waals surface area contributed by atoms with Gasteiger partial charge in [-0.3, -0.25) is 4.79 Å². The maximum atomic E-state index is 12.5. The van der Waals surface area contributed by atoms with Crippen molar-refractivity contribution in [3.05, 3.63) is 81.4 Å². The summed E-state index contributed by atoms with van der Waals surface area (Å²) in [7, 11) is 1.96. The van der Waals surface area contributed by atoms with Gasteiger partial charge in [-0.25, -0.2) is 9.67 Å². The van der Waals surface area contributed by atoms with E-state index in [2.05, 4.69) is 10.1 Å². The molecule has 3 heterocycles. The maximum Gasteiger partial charge on any atom is 0.270 e.